The standard InChI is InChI=1S/C30H34N2O8/c1-16(9-19-10-17(2)28(36)18(3)11-19)7-8-25(35)26-20(14-33)12-23-27(24(26)15-34)30(38)31(29(23)37)21-5-4-6-22(13-21)32(39)40/h4-6,9-11,13,23-25,27,33-36H,7-8,12,14-15H2,1-3H3/b16-9+/t23-,24+,25-,27-/m1/s1. The number of phenols is 1. The Hall–Kier alpha value is -3.86. The quantitative estimate of drug-likeness (QED) is 0.159. The maximum Gasteiger partial charge on any atom is 0.271 e. The van der Waals surface area contributed by atoms with Gasteiger partial charge in [0.1, 0.15) is 5.75 Å². The molecule has 2 aromatic rings. The van der Waals surface area contributed by atoms with Crippen LogP contribution in [0.15, 0.2) is 53.1 Å². The van der Waals surface area contributed by atoms with Crippen molar-refractivity contribution < 1.29 is 34.9 Å². The average molecular weight is 551 g/mol. The Labute approximate surface area is 232 Å². The fourth-order valence-corrected chi connectivity index (χ4v) is 6.05. The smallest absolute Gasteiger partial charge is 0.271 e. The second-order valence-corrected chi connectivity index (χ2v) is 10.7. The van der Waals surface area contributed by atoms with Gasteiger partial charge in [0.2, 0.25) is 11.8 Å². The van der Waals surface area contributed by atoms with Gasteiger partial charge in [-0.2, -0.15) is 0 Å². The number of phenolic OH excluding ortho intramolecular Hbond substituents is 1. The van der Waals surface area contributed by atoms with E-state index in [2.05, 4.69) is 0 Å². The number of amides is 2. The number of rotatable bonds is 9. The molecule has 10 nitrogen and oxygen atoms in total. The second-order valence-electron chi connectivity index (χ2n) is 10.7. The van der Waals surface area contributed by atoms with E-state index in [1.165, 1.54) is 18.2 Å². The molecule has 212 valence electrons. The van der Waals surface area contributed by atoms with Gasteiger partial charge in [0, 0.05) is 18.1 Å². The molecule has 2 aliphatic rings. The zero-order valence-corrected chi connectivity index (χ0v) is 22.7. The number of benzene rings is 2. The molecule has 0 aromatic heterocycles. The Balaban J connectivity index is 1.57. The van der Waals surface area contributed by atoms with Crippen LogP contribution in [0.2, 0.25) is 0 Å². The third-order valence-electron chi connectivity index (χ3n) is 7.97. The minimum Gasteiger partial charge on any atom is -0.507 e. The predicted molar refractivity (Wildman–Crippen MR) is 148 cm³/mol. The van der Waals surface area contributed by atoms with Crippen LogP contribution in [-0.4, -0.2) is 56.5 Å². The molecule has 0 spiro atoms. The van der Waals surface area contributed by atoms with Crippen LogP contribution in [0.3, 0.4) is 0 Å². The lowest BCUT2D eigenvalue weighted by Crippen LogP contribution is -2.39. The Morgan fingerprint density at radius 2 is 1.82 bits per heavy atom. The number of imide groups is 1. The third kappa shape index (κ3) is 5.42. The molecule has 10 heteroatoms. The van der Waals surface area contributed by atoms with E-state index in [9.17, 15) is 40.1 Å². The van der Waals surface area contributed by atoms with Gasteiger partial charge in [0.15, 0.2) is 0 Å². The van der Waals surface area contributed by atoms with Crippen LogP contribution in [0, 0.1) is 41.7 Å². The second kappa shape index (κ2) is 11.7. The van der Waals surface area contributed by atoms with Gasteiger partial charge in [0.05, 0.1) is 41.8 Å². The summed E-state index contributed by atoms with van der Waals surface area (Å²) >= 11 is 0. The zero-order chi connectivity index (χ0) is 29.3. The summed E-state index contributed by atoms with van der Waals surface area (Å²) in [6.07, 6.45) is 1.69. The van der Waals surface area contributed by atoms with Crippen molar-refractivity contribution in [2.24, 2.45) is 17.8 Å². The number of nitro groups is 1. The lowest BCUT2D eigenvalue weighted by atomic mass is 9.68. The summed E-state index contributed by atoms with van der Waals surface area (Å²) < 4.78 is 0. The molecule has 0 radical (unpaired) electrons. The first-order chi connectivity index (χ1) is 19.0. The van der Waals surface area contributed by atoms with Crippen LogP contribution >= 0.6 is 0 Å². The van der Waals surface area contributed by atoms with E-state index < -0.39 is 53.8 Å². The Morgan fingerprint density at radius 3 is 2.42 bits per heavy atom. The Bertz CT molecular complexity index is 1390. The number of nitro benzene ring substituents is 1. The first kappa shape index (κ1) is 29.1. The van der Waals surface area contributed by atoms with E-state index in [1.54, 1.807) is 0 Å². The molecule has 0 saturated carbocycles. The third-order valence-corrected chi connectivity index (χ3v) is 7.97. The van der Waals surface area contributed by atoms with Crippen molar-refractivity contribution in [1.29, 1.82) is 0 Å². The number of anilines is 1. The fraction of sp³-hybridized carbons (Fsp3) is 0.400. The molecule has 1 aliphatic heterocycles. The molecule has 4 rings (SSSR count). The lowest BCUT2D eigenvalue weighted by molar-refractivity contribution is -0.384. The van der Waals surface area contributed by atoms with Crippen LogP contribution in [0.25, 0.3) is 6.08 Å². The highest BCUT2D eigenvalue weighted by Gasteiger charge is 2.55. The summed E-state index contributed by atoms with van der Waals surface area (Å²) in [5.74, 6) is -3.59. The molecule has 4 atom stereocenters. The monoisotopic (exact) mass is 550 g/mol. The number of carbonyl (C=O) groups is 2. The van der Waals surface area contributed by atoms with Crippen molar-refractivity contribution in [2.75, 3.05) is 18.1 Å². The summed E-state index contributed by atoms with van der Waals surface area (Å²) in [6, 6.07) is 8.99. The number of allylic oxidation sites excluding steroid dienone is 1. The summed E-state index contributed by atoms with van der Waals surface area (Å²) in [4.78, 5) is 38.4. The van der Waals surface area contributed by atoms with Gasteiger partial charge in [-0.15, -0.1) is 0 Å². The normalized spacial score (nSPS) is 22.1. The van der Waals surface area contributed by atoms with Crippen molar-refractivity contribution >= 4 is 29.3 Å². The number of aryl methyl sites for hydroxylation is 2. The summed E-state index contributed by atoms with van der Waals surface area (Å²) in [5.41, 5.74) is 4.00. The van der Waals surface area contributed by atoms with Gasteiger partial charge >= 0.3 is 0 Å². The number of hydrogen-bond acceptors (Lipinski definition) is 8. The summed E-state index contributed by atoms with van der Waals surface area (Å²) in [7, 11) is 0. The van der Waals surface area contributed by atoms with Crippen LogP contribution < -0.4 is 4.90 Å². The van der Waals surface area contributed by atoms with Gasteiger partial charge in [-0.3, -0.25) is 19.7 Å². The van der Waals surface area contributed by atoms with Gasteiger partial charge in [0.25, 0.3) is 5.69 Å². The van der Waals surface area contributed by atoms with Crippen LogP contribution in [0.5, 0.6) is 5.75 Å². The minimum absolute atomic E-state index is 0.0426. The number of carbonyl (C=O) groups excluding carboxylic acids is 2. The molecule has 1 saturated heterocycles. The number of aliphatic hydroxyl groups excluding tert-OH is 3. The number of hydrogen-bond donors (Lipinski definition) is 4. The lowest BCUT2D eigenvalue weighted by Gasteiger charge is -2.36. The van der Waals surface area contributed by atoms with Crippen LogP contribution in [0.4, 0.5) is 11.4 Å². The maximum atomic E-state index is 13.5. The maximum absolute atomic E-state index is 13.5. The Kier molecular flexibility index (Phi) is 8.53. The van der Waals surface area contributed by atoms with E-state index in [1.807, 2.05) is 39.0 Å². The van der Waals surface area contributed by atoms with Gasteiger partial charge in [-0.25, -0.2) is 4.90 Å². The summed E-state index contributed by atoms with van der Waals surface area (Å²) in [6.45, 7) is 4.61. The molecule has 1 aliphatic carbocycles. The zero-order valence-electron chi connectivity index (χ0n) is 22.7. The molecular formula is C30H34N2O8. The van der Waals surface area contributed by atoms with Crippen LogP contribution in [-0.2, 0) is 9.59 Å². The molecular weight excluding hydrogens is 516 g/mol. The van der Waals surface area contributed by atoms with E-state index in [4.69, 9.17) is 0 Å². The highest BCUT2D eigenvalue weighted by molar-refractivity contribution is 6.22. The largest absolute Gasteiger partial charge is 0.507 e. The Morgan fingerprint density at radius 1 is 1.15 bits per heavy atom. The summed E-state index contributed by atoms with van der Waals surface area (Å²) in [5, 5.41) is 53.0. The number of aromatic hydroxyl groups is 1. The molecule has 2 amide bonds. The van der Waals surface area contributed by atoms with Crippen molar-refractivity contribution in [3.63, 3.8) is 0 Å². The molecule has 0 unspecified atom stereocenters. The highest BCUT2D eigenvalue weighted by Crippen LogP contribution is 2.47. The minimum atomic E-state index is -1.07. The number of non-ortho nitro benzene ring substituents is 1. The predicted octanol–water partition coefficient (Wildman–Crippen LogP) is 3.57. The highest BCUT2D eigenvalue weighted by atomic mass is 16.6. The van der Waals surface area contributed by atoms with Crippen LogP contribution in [0.1, 0.15) is 42.9 Å². The molecule has 1 fully saturated rings. The van der Waals surface area contributed by atoms with Gasteiger partial charge in [-0.1, -0.05) is 17.7 Å². The number of aliphatic hydroxyl groups is 3. The molecule has 4 N–H and O–H groups in total. The first-order valence-corrected chi connectivity index (χ1v) is 13.2. The van der Waals surface area contributed by atoms with Gasteiger partial charge < -0.3 is 20.4 Å². The van der Waals surface area contributed by atoms with E-state index >= 15 is 0 Å². The first-order valence-electron chi connectivity index (χ1n) is 13.2. The molecule has 1 heterocycles. The van der Waals surface area contributed by atoms with Crippen molar-refractivity contribution in [1.82, 2.24) is 0 Å². The van der Waals surface area contributed by atoms with E-state index in [-0.39, 0.29) is 30.0 Å². The average Bonchev–Trinajstić information content (AvgIpc) is 3.18. The molecule has 2 aromatic carbocycles. The molecule has 0 bridgehead atoms. The molecule has 40 heavy (non-hydrogen) atoms. The number of nitrogens with zero attached hydrogens (tertiary/aromatic N) is 2. The van der Waals surface area contributed by atoms with E-state index in [0.29, 0.717) is 17.6 Å². The SMILES string of the molecule is C/C(=C\c1cc(C)c(O)c(C)c1)CC[C@@H](O)C1=C(CO)C[C@H]2C(=O)N(c3cccc([N+](=O)[O-])c3)C(=O)[C@H]2[C@H]1CO. The number of fused-ring (bicyclic) bond motifs is 1. The van der Waals surface area contributed by atoms with Crippen molar-refractivity contribution in [3.05, 3.63) is 79.9 Å². The van der Waals surface area contributed by atoms with Crippen molar-refractivity contribution in [3.8, 4) is 5.75 Å². The van der Waals surface area contributed by atoms with Gasteiger partial charge in [-0.05, 0) is 86.1 Å². The topological polar surface area (TPSA) is 161 Å². The fourth-order valence-electron chi connectivity index (χ4n) is 6.05. The van der Waals surface area contributed by atoms with Crippen molar-refractivity contribution in [2.45, 2.75) is 46.1 Å². The van der Waals surface area contributed by atoms with E-state index in [0.717, 1.165) is 33.2 Å².